The van der Waals surface area contributed by atoms with Crippen molar-refractivity contribution < 1.29 is 0 Å². The molecule has 0 atom stereocenters. The zero-order valence-electron chi connectivity index (χ0n) is 9.95. The van der Waals surface area contributed by atoms with Crippen LogP contribution in [-0.4, -0.2) is 38.5 Å². The minimum absolute atomic E-state index is 0.933. The Balaban J connectivity index is 2.12. The first-order valence-corrected chi connectivity index (χ1v) is 9.00. The van der Waals surface area contributed by atoms with Crippen LogP contribution in [0.15, 0.2) is 24.8 Å². The van der Waals surface area contributed by atoms with Crippen molar-refractivity contribution in [2.75, 3.05) is 0 Å². The van der Waals surface area contributed by atoms with Crippen LogP contribution in [0.3, 0.4) is 0 Å². The van der Waals surface area contributed by atoms with Crippen LogP contribution in [0.2, 0.25) is 5.82 Å². The number of aromatic nitrogens is 5. The zero-order chi connectivity index (χ0) is 12.3. The number of hydrogen-bond acceptors (Lipinski definition) is 4. The third-order valence-electron chi connectivity index (χ3n) is 3.14. The number of nitrogens with zero attached hydrogens (tertiary/aromatic N) is 5. The SMILES string of the molecule is Cc1ccc2c(n1)[Se](C)c1c-2ncn2ncnc12. The third-order valence-corrected chi connectivity index (χ3v) is 7.08. The summed E-state index contributed by atoms with van der Waals surface area (Å²) >= 11 is -1.14. The maximum atomic E-state index is 4.70. The van der Waals surface area contributed by atoms with Crippen molar-refractivity contribution >= 4 is 28.6 Å². The fraction of sp³-hybridized carbons (Fsp3) is 0.167. The molecule has 18 heavy (non-hydrogen) atoms. The van der Waals surface area contributed by atoms with Crippen LogP contribution < -0.4 is 9.05 Å². The first kappa shape index (κ1) is 10.2. The van der Waals surface area contributed by atoms with Crippen LogP contribution in [0.5, 0.6) is 0 Å². The Labute approximate surface area is 108 Å². The molecule has 0 saturated heterocycles. The van der Waals surface area contributed by atoms with Gasteiger partial charge in [-0.05, 0) is 0 Å². The van der Waals surface area contributed by atoms with Crippen LogP contribution in [0.1, 0.15) is 5.69 Å². The van der Waals surface area contributed by atoms with Crippen LogP contribution in [0.25, 0.3) is 16.9 Å². The molecule has 0 spiro atoms. The molecular formula is C12H10N5Se. The first-order chi connectivity index (χ1) is 8.75. The van der Waals surface area contributed by atoms with Gasteiger partial charge in [0, 0.05) is 0 Å². The molecule has 4 heterocycles. The molecular weight excluding hydrogens is 293 g/mol. The molecule has 6 heteroatoms. The molecule has 0 fully saturated rings. The molecule has 5 nitrogen and oxygen atoms in total. The summed E-state index contributed by atoms with van der Waals surface area (Å²) in [6, 6.07) is 4.17. The molecule has 0 aliphatic carbocycles. The van der Waals surface area contributed by atoms with E-state index < -0.39 is 13.9 Å². The predicted octanol–water partition coefficient (Wildman–Crippen LogP) is 0.0469. The topological polar surface area (TPSA) is 56.0 Å². The molecule has 1 aliphatic rings. The summed E-state index contributed by atoms with van der Waals surface area (Å²) in [5, 5.41) is 4.15. The molecule has 0 N–H and O–H groups in total. The van der Waals surface area contributed by atoms with Gasteiger partial charge in [0.05, 0.1) is 0 Å². The van der Waals surface area contributed by atoms with E-state index >= 15 is 0 Å². The number of rotatable bonds is 0. The molecule has 1 aliphatic heterocycles. The summed E-state index contributed by atoms with van der Waals surface area (Å²) in [5.74, 6) is 2.27. The number of aryl methyl sites for hydroxylation is 1. The van der Waals surface area contributed by atoms with E-state index in [2.05, 4.69) is 27.0 Å². The molecule has 0 saturated carbocycles. The van der Waals surface area contributed by atoms with Crippen molar-refractivity contribution in [3.63, 3.8) is 0 Å². The van der Waals surface area contributed by atoms with Crippen molar-refractivity contribution in [3.05, 3.63) is 30.5 Å². The van der Waals surface area contributed by atoms with Gasteiger partial charge in [0.1, 0.15) is 0 Å². The Bertz CT molecular complexity index is 779. The number of fused-ring (bicyclic) bond motifs is 5. The van der Waals surface area contributed by atoms with Crippen molar-refractivity contribution in [2.45, 2.75) is 12.7 Å². The van der Waals surface area contributed by atoms with Crippen LogP contribution in [0, 0.1) is 6.92 Å². The predicted molar refractivity (Wildman–Crippen MR) is 69.6 cm³/mol. The van der Waals surface area contributed by atoms with E-state index in [4.69, 9.17) is 4.98 Å². The van der Waals surface area contributed by atoms with E-state index in [9.17, 15) is 0 Å². The molecule has 0 unspecified atom stereocenters. The van der Waals surface area contributed by atoms with Crippen molar-refractivity contribution in [1.82, 2.24) is 24.6 Å². The van der Waals surface area contributed by atoms with Gasteiger partial charge in [0.25, 0.3) is 0 Å². The second-order valence-electron chi connectivity index (χ2n) is 4.27. The summed E-state index contributed by atoms with van der Waals surface area (Å²) in [5.41, 5.74) is 4.22. The normalized spacial score (nSPS) is 13.9. The third kappa shape index (κ3) is 1.16. The van der Waals surface area contributed by atoms with Crippen LogP contribution in [0.4, 0.5) is 0 Å². The van der Waals surface area contributed by atoms with Crippen LogP contribution in [-0.2, 0) is 0 Å². The summed E-state index contributed by atoms with van der Waals surface area (Å²) in [6.45, 7) is 2.03. The molecule has 3 aromatic heterocycles. The van der Waals surface area contributed by atoms with Crippen molar-refractivity contribution in [1.29, 1.82) is 0 Å². The van der Waals surface area contributed by atoms with Gasteiger partial charge < -0.3 is 0 Å². The average Bonchev–Trinajstić information content (AvgIpc) is 2.93. The van der Waals surface area contributed by atoms with E-state index in [1.165, 1.54) is 14.6 Å². The summed E-state index contributed by atoms with van der Waals surface area (Å²) < 4.78 is 4.22. The fourth-order valence-corrected chi connectivity index (χ4v) is 6.15. The van der Waals surface area contributed by atoms with Crippen molar-refractivity contribution in [2.24, 2.45) is 0 Å². The number of pyridine rings is 1. The quantitative estimate of drug-likeness (QED) is 0.551. The Hall–Kier alpha value is -1.78. The first-order valence-electron chi connectivity index (χ1n) is 5.58. The van der Waals surface area contributed by atoms with Gasteiger partial charge in [-0.25, -0.2) is 0 Å². The van der Waals surface area contributed by atoms with Gasteiger partial charge in [0.15, 0.2) is 0 Å². The maximum absolute atomic E-state index is 4.70. The summed E-state index contributed by atoms with van der Waals surface area (Å²) in [6.07, 6.45) is 3.31. The second-order valence-corrected chi connectivity index (χ2v) is 8.08. The molecule has 0 aromatic carbocycles. The Morgan fingerprint density at radius 1 is 1.22 bits per heavy atom. The van der Waals surface area contributed by atoms with Gasteiger partial charge >= 0.3 is 108 Å². The molecule has 4 rings (SSSR count). The Kier molecular flexibility index (Phi) is 1.90. The van der Waals surface area contributed by atoms with Gasteiger partial charge in [-0.1, -0.05) is 0 Å². The van der Waals surface area contributed by atoms with Crippen LogP contribution >= 0.6 is 0 Å². The molecule has 0 bridgehead atoms. The van der Waals surface area contributed by atoms with E-state index in [0.717, 1.165) is 17.0 Å². The van der Waals surface area contributed by atoms with E-state index in [1.807, 2.05) is 13.0 Å². The average molecular weight is 303 g/mol. The van der Waals surface area contributed by atoms with E-state index in [-0.39, 0.29) is 0 Å². The van der Waals surface area contributed by atoms with E-state index in [0.29, 0.717) is 0 Å². The van der Waals surface area contributed by atoms with Gasteiger partial charge in [-0.2, -0.15) is 0 Å². The fourth-order valence-electron chi connectivity index (χ4n) is 2.29. The number of hydrogen-bond donors (Lipinski definition) is 0. The monoisotopic (exact) mass is 304 g/mol. The van der Waals surface area contributed by atoms with Gasteiger partial charge in [-0.15, -0.1) is 0 Å². The van der Waals surface area contributed by atoms with Gasteiger partial charge in [0.2, 0.25) is 0 Å². The Morgan fingerprint density at radius 3 is 3.00 bits per heavy atom. The van der Waals surface area contributed by atoms with Gasteiger partial charge in [-0.3, -0.25) is 0 Å². The zero-order valence-corrected chi connectivity index (χ0v) is 11.7. The van der Waals surface area contributed by atoms with Crippen molar-refractivity contribution in [3.8, 4) is 11.3 Å². The minimum atomic E-state index is -1.14. The summed E-state index contributed by atoms with van der Waals surface area (Å²) in [7, 11) is 0. The molecule has 89 valence electrons. The standard InChI is InChI=1S/C12H10N5Se/c1-7-3-4-8-9-10(18(2)12(8)16-7)11-13-5-15-17(11)6-14-9/h3-6H,1-2H3. The molecule has 1 radical (unpaired) electrons. The molecule has 0 amide bonds. The summed E-state index contributed by atoms with van der Waals surface area (Å²) in [4.78, 5) is 13.6. The second kappa shape index (κ2) is 3.37. The van der Waals surface area contributed by atoms with E-state index in [1.54, 1.807) is 17.2 Å². The Morgan fingerprint density at radius 2 is 2.11 bits per heavy atom. The molecule has 3 aromatic rings.